The Morgan fingerprint density at radius 3 is 2.23 bits per heavy atom. The third-order valence-corrected chi connectivity index (χ3v) is 5.06. The van der Waals surface area contributed by atoms with Crippen LogP contribution in [0.5, 0.6) is 0 Å². The second-order valence-electron chi connectivity index (χ2n) is 6.93. The SMILES string of the molecule is Cc1nccn1-c1cc(N2CCN(C(=O)c3ccc(C(F)(F)F)cc3)CC2)ncn1. The number of rotatable bonds is 3. The van der Waals surface area contributed by atoms with Crippen molar-refractivity contribution < 1.29 is 18.0 Å². The van der Waals surface area contributed by atoms with Crippen LogP contribution in [0.2, 0.25) is 0 Å². The first kappa shape index (κ1) is 19.9. The smallest absolute Gasteiger partial charge is 0.353 e. The molecule has 0 spiro atoms. The lowest BCUT2D eigenvalue weighted by atomic mass is 10.1. The van der Waals surface area contributed by atoms with E-state index in [1.807, 2.05) is 28.7 Å². The van der Waals surface area contributed by atoms with E-state index in [9.17, 15) is 18.0 Å². The fourth-order valence-corrected chi connectivity index (χ4v) is 3.38. The molecule has 0 bridgehead atoms. The molecule has 30 heavy (non-hydrogen) atoms. The standard InChI is InChI=1S/C20H19F3N6O/c1-14-24-6-7-29(14)18-12-17(25-13-26-18)27-8-10-28(11-9-27)19(30)15-2-4-16(5-3-15)20(21,22)23/h2-7,12-13H,8-11H2,1H3. The molecule has 1 aliphatic rings. The topological polar surface area (TPSA) is 67.2 Å². The number of halogens is 3. The summed E-state index contributed by atoms with van der Waals surface area (Å²) in [5, 5.41) is 0. The first-order chi connectivity index (χ1) is 14.3. The minimum absolute atomic E-state index is 0.247. The third kappa shape index (κ3) is 3.98. The summed E-state index contributed by atoms with van der Waals surface area (Å²) in [6, 6.07) is 6.18. The summed E-state index contributed by atoms with van der Waals surface area (Å²) in [6.45, 7) is 3.90. The lowest BCUT2D eigenvalue weighted by Gasteiger charge is -2.35. The number of hydrogen-bond donors (Lipinski definition) is 0. The highest BCUT2D eigenvalue weighted by molar-refractivity contribution is 5.94. The number of hydrogen-bond acceptors (Lipinski definition) is 5. The summed E-state index contributed by atoms with van der Waals surface area (Å²) in [7, 11) is 0. The second kappa shape index (κ2) is 7.77. The highest BCUT2D eigenvalue weighted by Gasteiger charge is 2.31. The van der Waals surface area contributed by atoms with E-state index >= 15 is 0 Å². The van der Waals surface area contributed by atoms with Gasteiger partial charge in [0.1, 0.15) is 23.8 Å². The van der Waals surface area contributed by atoms with E-state index in [1.165, 1.54) is 18.5 Å². The zero-order chi connectivity index (χ0) is 21.3. The first-order valence-electron chi connectivity index (χ1n) is 9.37. The van der Waals surface area contributed by atoms with E-state index in [-0.39, 0.29) is 11.5 Å². The zero-order valence-electron chi connectivity index (χ0n) is 16.2. The average molecular weight is 416 g/mol. The molecule has 0 N–H and O–H groups in total. The molecule has 1 amide bonds. The average Bonchev–Trinajstić information content (AvgIpc) is 3.19. The minimum atomic E-state index is -4.42. The number of carbonyl (C=O) groups is 1. The Morgan fingerprint density at radius 1 is 0.967 bits per heavy atom. The van der Waals surface area contributed by atoms with Gasteiger partial charge in [-0.15, -0.1) is 0 Å². The number of amides is 1. The van der Waals surface area contributed by atoms with Crippen LogP contribution in [0.3, 0.4) is 0 Å². The number of piperazine rings is 1. The number of aryl methyl sites for hydroxylation is 1. The first-order valence-corrected chi connectivity index (χ1v) is 9.37. The molecule has 4 rings (SSSR count). The second-order valence-corrected chi connectivity index (χ2v) is 6.93. The van der Waals surface area contributed by atoms with Gasteiger partial charge in [-0.1, -0.05) is 0 Å². The van der Waals surface area contributed by atoms with Gasteiger partial charge in [0.15, 0.2) is 0 Å². The van der Waals surface area contributed by atoms with Gasteiger partial charge in [-0.05, 0) is 31.2 Å². The number of imidazole rings is 1. The van der Waals surface area contributed by atoms with Crippen LogP contribution >= 0.6 is 0 Å². The van der Waals surface area contributed by atoms with Gasteiger partial charge in [-0.2, -0.15) is 13.2 Å². The highest BCUT2D eigenvalue weighted by atomic mass is 19.4. The summed E-state index contributed by atoms with van der Waals surface area (Å²) in [4.78, 5) is 29.1. The monoisotopic (exact) mass is 416 g/mol. The van der Waals surface area contributed by atoms with Crippen LogP contribution in [0.15, 0.2) is 49.1 Å². The van der Waals surface area contributed by atoms with Crippen molar-refractivity contribution >= 4 is 11.7 Å². The van der Waals surface area contributed by atoms with Crippen LogP contribution in [0.1, 0.15) is 21.7 Å². The Hall–Kier alpha value is -3.43. The van der Waals surface area contributed by atoms with Gasteiger partial charge in [0, 0.05) is 50.2 Å². The van der Waals surface area contributed by atoms with E-state index in [1.54, 1.807) is 11.1 Å². The quantitative estimate of drug-likeness (QED) is 0.657. The zero-order valence-corrected chi connectivity index (χ0v) is 16.2. The highest BCUT2D eigenvalue weighted by Crippen LogP contribution is 2.29. The fourth-order valence-electron chi connectivity index (χ4n) is 3.38. The van der Waals surface area contributed by atoms with E-state index in [0.717, 1.165) is 23.8 Å². The Kier molecular flexibility index (Phi) is 5.15. The Labute approximate surface area is 170 Å². The largest absolute Gasteiger partial charge is 0.416 e. The summed E-state index contributed by atoms with van der Waals surface area (Å²) in [6.07, 6.45) is 0.591. The number of benzene rings is 1. The predicted molar refractivity (Wildman–Crippen MR) is 103 cm³/mol. The van der Waals surface area contributed by atoms with Gasteiger partial charge in [0.05, 0.1) is 5.56 Å². The van der Waals surface area contributed by atoms with Crippen LogP contribution in [0.25, 0.3) is 5.82 Å². The molecule has 0 aliphatic carbocycles. The number of nitrogens with zero attached hydrogens (tertiary/aromatic N) is 6. The van der Waals surface area contributed by atoms with Gasteiger partial charge in [-0.25, -0.2) is 15.0 Å². The number of aromatic nitrogens is 4. The number of carbonyl (C=O) groups excluding carboxylic acids is 1. The van der Waals surface area contributed by atoms with Crippen LogP contribution in [-0.2, 0) is 6.18 Å². The number of alkyl halides is 3. The summed E-state index contributed by atoms with van der Waals surface area (Å²) in [5.41, 5.74) is -0.520. The Balaban J connectivity index is 1.42. The molecule has 0 unspecified atom stereocenters. The summed E-state index contributed by atoms with van der Waals surface area (Å²) >= 11 is 0. The molecule has 7 nitrogen and oxygen atoms in total. The molecule has 10 heteroatoms. The fraction of sp³-hybridized carbons (Fsp3) is 0.300. The van der Waals surface area contributed by atoms with Crippen LogP contribution < -0.4 is 4.90 Å². The maximum absolute atomic E-state index is 12.7. The van der Waals surface area contributed by atoms with E-state index in [4.69, 9.17) is 0 Å². The molecular formula is C20H19F3N6O. The molecule has 2 aromatic heterocycles. The predicted octanol–water partition coefficient (Wildman–Crippen LogP) is 2.95. The Bertz CT molecular complexity index is 1040. The van der Waals surface area contributed by atoms with E-state index in [0.29, 0.717) is 32.0 Å². The molecule has 1 fully saturated rings. The molecule has 3 aromatic rings. The van der Waals surface area contributed by atoms with Crippen molar-refractivity contribution in [3.63, 3.8) is 0 Å². The van der Waals surface area contributed by atoms with Crippen molar-refractivity contribution in [1.29, 1.82) is 0 Å². The van der Waals surface area contributed by atoms with Crippen LogP contribution in [0, 0.1) is 6.92 Å². The lowest BCUT2D eigenvalue weighted by molar-refractivity contribution is -0.137. The van der Waals surface area contributed by atoms with Crippen LogP contribution in [0.4, 0.5) is 19.0 Å². The molecule has 1 aromatic carbocycles. The molecule has 1 saturated heterocycles. The maximum atomic E-state index is 12.7. The molecule has 0 atom stereocenters. The Morgan fingerprint density at radius 2 is 1.63 bits per heavy atom. The summed E-state index contributed by atoms with van der Waals surface area (Å²) < 4.78 is 40.0. The van der Waals surface area contributed by atoms with Crippen LogP contribution in [-0.4, -0.2) is 56.5 Å². The van der Waals surface area contributed by atoms with Gasteiger partial charge < -0.3 is 9.80 Å². The van der Waals surface area contributed by atoms with E-state index in [2.05, 4.69) is 15.0 Å². The van der Waals surface area contributed by atoms with Gasteiger partial charge in [0.25, 0.3) is 5.91 Å². The molecular weight excluding hydrogens is 397 g/mol. The normalized spacial score (nSPS) is 14.8. The maximum Gasteiger partial charge on any atom is 0.416 e. The van der Waals surface area contributed by atoms with Gasteiger partial charge in [-0.3, -0.25) is 9.36 Å². The number of anilines is 1. The molecule has 0 radical (unpaired) electrons. The van der Waals surface area contributed by atoms with Crippen molar-refractivity contribution in [3.8, 4) is 5.82 Å². The van der Waals surface area contributed by atoms with Crippen molar-refractivity contribution in [2.45, 2.75) is 13.1 Å². The molecule has 1 aliphatic heterocycles. The summed E-state index contributed by atoms with van der Waals surface area (Å²) in [5.74, 6) is 1.99. The minimum Gasteiger partial charge on any atom is -0.353 e. The lowest BCUT2D eigenvalue weighted by Crippen LogP contribution is -2.49. The molecule has 156 valence electrons. The van der Waals surface area contributed by atoms with Crippen molar-refractivity contribution in [1.82, 2.24) is 24.4 Å². The molecule has 3 heterocycles. The third-order valence-electron chi connectivity index (χ3n) is 5.06. The van der Waals surface area contributed by atoms with Gasteiger partial charge >= 0.3 is 6.18 Å². The van der Waals surface area contributed by atoms with Crippen molar-refractivity contribution in [3.05, 3.63) is 66.0 Å². The molecule has 0 saturated carbocycles. The van der Waals surface area contributed by atoms with Crippen molar-refractivity contribution in [2.24, 2.45) is 0 Å². The van der Waals surface area contributed by atoms with Gasteiger partial charge in [0.2, 0.25) is 0 Å². The van der Waals surface area contributed by atoms with E-state index < -0.39 is 11.7 Å². The van der Waals surface area contributed by atoms with Crippen molar-refractivity contribution in [2.75, 3.05) is 31.1 Å².